The first-order valence-electron chi connectivity index (χ1n) is 5.96. The summed E-state index contributed by atoms with van der Waals surface area (Å²) in [7, 11) is 0. The average molecular weight is 326 g/mol. The van der Waals surface area contributed by atoms with Crippen molar-refractivity contribution in [3.63, 3.8) is 0 Å². The molecule has 16 heavy (non-hydrogen) atoms. The Morgan fingerprint density at radius 1 is 1.31 bits per heavy atom. The number of halogens is 1. The second-order valence-electron chi connectivity index (χ2n) is 5.03. The van der Waals surface area contributed by atoms with Gasteiger partial charge < -0.3 is 0 Å². The summed E-state index contributed by atoms with van der Waals surface area (Å²) in [4.78, 5) is 0. The van der Waals surface area contributed by atoms with E-state index in [1.807, 2.05) is 0 Å². The van der Waals surface area contributed by atoms with Crippen LogP contribution in [0.1, 0.15) is 48.7 Å². The Morgan fingerprint density at radius 3 is 2.69 bits per heavy atom. The van der Waals surface area contributed by atoms with Crippen molar-refractivity contribution in [2.24, 2.45) is 0 Å². The standard InChI is InChI=1S/C15H19I/c1-4-11-9-10-14(16)12-7-5-6-8-13(12)15(11,2)3/h4-8,14H,9-10H2,1-3H3/b11-4-. The number of alkyl halides is 1. The van der Waals surface area contributed by atoms with Crippen molar-refractivity contribution in [2.45, 2.75) is 43.0 Å². The van der Waals surface area contributed by atoms with Gasteiger partial charge in [-0.3, -0.25) is 0 Å². The van der Waals surface area contributed by atoms with Crippen LogP contribution in [-0.2, 0) is 5.41 Å². The summed E-state index contributed by atoms with van der Waals surface area (Å²) in [5, 5.41) is 0. The highest BCUT2D eigenvalue weighted by Gasteiger charge is 2.31. The van der Waals surface area contributed by atoms with E-state index in [0.717, 1.165) is 0 Å². The molecule has 86 valence electrons. The molecule has 0 nitrogen and oxygen atoms in total. The highest BCUT2D eigenvalue weighted by atomic mass is 127. The first-order chi connectivity index (χ1) is 7.57. The van der Waals surface area contributed by atoms with Crippen LogP contribution >= 0.6 is 22.6 Å². The van der Waals surface area contributed by atoms with Gasteiger partial charge in [0.1, 0.15) is 0 Å². The first-order valence-corrected chi connectivity index (χ1v) is 7.21. The highest BCUT2D eigenvalue weighted by molar-refractivity contribution is 14.1. The predicted octanol–water partition coefficient (Wildman–Crippen LogP) is 5.18. The zero-order valence-electron chi connectivity index (χ0n) is 10.3. The largest absolute Gasteiger partial charge is 0.0876 e. The van der Waals surface area contributed by atoms with Crippen molar-refractivity contribution in [3.8, 4) is 0 Å². The van der Waals surface area contributed by atoms with E-state index in [4.69, 9.17) is 0 Å². The minimum Gasteiger partial charge on any atom is -0.0876 e. The van der Waals surface area contributed by atoms with Gasteiger partial charge in [0, 0.05) is 9.34 Å². The van der Waals surface area contributed by atoms with E-state index >= 15 is 0 Å². The van der Waals surface area contributed by atoms with Gasteiger partial charge >= 0.3 is 0 Å². The van der Waals surface area contributed by atoms with Gasteiger partial charge in [-0.1, -0.05) is 72.4 Å². The van der Waals surface area contributed by atoms with Crippen LogP contribution in [0.3, 0.4) is 0 Å². The maximum atomic E-state index is 2.59. The molecule has 2 rings (SSSR count). The van der Waals surface area contributed by atoms with E-state index in [1.54, 1.807) is 5.57 Å². The number of benzene rings is 1. The topological polar surface area (TPSA) is 0 Å². The van der Waals surface area contributed by atoms with Gasteiger partial charge in [0.05, 0.1) is 0 Å². The normalized spacial score (nSPS) is 26.2. The molecule has 0 fully saturated rings. The van der Waals surface area contributed by atoms with Crippen LogP contribution in [0.15, 0.2) is 35.9 Å². The second kappa shape index (κ2) is 4.52. The molecule has 0 saturated carbocycles. The summed E-state index contributed by atoms with van der Waals surface area (Å²) >= 11 is 2.59. The minimum atomic E-state index is 0.200. The van der Waals surface area contributed by atoms with Gasteiger partial charge in [-0.2, -0.15) is 0 Å². The van der Waals surface area contributed by atoms with Crippen molar-refractivity contribution in [1.29, 1.82) is 0 Å². The van der Waals surface area contributed by atoms with Crippen molar-refractivity contribution in [2.75, 3.05) is 0 Å². The molecule has 0 spiro atoms. The van der Waals surface area contributed by atoms with E-state index in [-0.39, 0.29) is 5.41 Å². The molecule has 1 aromatic rings. The Hall–Kier alpha value is -0.310. The van der Waals surface area contributed by atoms with Crippen LogP contribution < -0.4 is 0 Å². The van der Waals surface area contributed by atoms with Crippen LogP contribution in [-0.4, -0.2) is 0 Å². The second-order valence-corrected chi connectivity index (χ2v) is 6.54. The first kappa shape index (κ1) is 12.2. The summed E-state index contributed by atoms with van der Waals surface area (Å²) < 4.78 is 0.658. The van der Waals surface area contributed by atoms with E-state index in [0.29, 0.717) is 3.92 Å². The number of allylic oxidation sites excluding steroid dienone is 2. The number of hydrogen-bond acceptors (Lipinski definition) is 0. The molecule has 0 aliphatic heterocycles. The summed E-state index contributed by atoms with van der Waals surface area (Å²) in [5.74, 6) is 0. The smallest absolute Gasteiger partial charge is 0.0365 e. The molecule has 0 radical (unpaired) electrons. The summed E-state index contributed by atoms with van der Waals surface area (Å²) in [6.07, 6.45) is 4.80. The fourth-order valence-electron chi connectivity index (χ4n) is 2.77. The monoisotopic (exact) mass is 326 g/mol. The highest BCUT2D eigenvalue weighted by Crippen LogP contribution is 2.45. The molecule has 1 heteroatoms. The number of fused-ring (bicyclic) bond motifs is 1. The minimum absolute atomic E-state index is 0.200. The molecule has 1 aliphatic rings. The molecule has 0 saturated heterocycles. The van der Waals surface area contributed by atoms with Gasteiger partial charge in [0.2, 0.25) is 0 Å². The Bertz CT molecular complexity index is 415. The van der Waals surface area contributed by atoms with E-state index in [2.05, 4.69) is 73.7 Å². The van der Waals surface area contributed by atoms with E-state index < -0.39 is 0 Å². The molecule has 1 aliphatic carbocycles. The van der Waals surface area contributed by atoms with E-state index in [1.165, 1.54) is 24.0 Å². The molecule has 0 aromatic heterocycles. The van der Waals surface area contributed by atoms with Crippen LogP contribution in [0, 0.1) is 0 Å². The number of hydrogen-bond donors (Lipinski definition) is 0. The van der Waals surface area contributed by atoms with E-state index in [9.17, 15) is 0 Å². The average Bonchev–Trinajstić information content (AvgIpc) is 2.37. The summed E-state index contributed by atoms with van der Waals surface area (Å²) in [6, 6.07) is 8.94. The Morgan fingerprint density at radius 2 is 2.00 bits per heavy atom. The quantitative estimate of drug-likeness (QED) is 0.267. The maximum Gasteiger partial charge on any atom is 0.0365 e. The molecule has 1 atom stereocenters. The molecule has 1 aromatic carbocycles. The summed E-state index contributed by atoms with van der Waals surface area (Å²) in [5.41, 5.74) is 4.83. The third kappa shape index (κ3) is 1.94. The van der Waals surface area contributed by atoms with Gasteiger partial charge in [0.15, 0.2) is 0 Å². The maximum absolute atomic E-state index is 2.59. The molecular weight excluding hydrogens is 307 g/mol. The molecule has 0 amide bonds. The fourth-order valence-corrected chi connectivity index (χ4v) is 3.62. The Kier molecular flexibility index (Phi) is 3.43. The van der Waals surface area contributed by atoms with Crippen molar-refractivity contribution < 1.29 is 0 Å². The van der Waals surface area contributed by atoms with Crippen molar-refractivity contribution >= 4 is 22.6 Å². The zero-order chi connectivity index (χ0) is 11.8. The lowest BCUT2D eigenvalue weighted by Crippen LogP contribution is -2.20. The molecule has 1 unspecified atom stereocenters. The van der Waals surface area contributed by atoms with Crippen LogP contribution in [0.5, 0.6) is 0 Å². The van der Waals surface area contributed by atoms with Gasteiger partial charge in [-0.05, 0) is 30.9 Å². The third-order valence-corrected chi connectivity index (χ3v) is 5.08. The van der Waals surface area contributed by atoms with Crippen LogP contribution in [0.4, 0.5) is 0 Å². The van der Waals surface area contributed by atoms with Crippen LogP contribution in [0.25, 0.3) is 0 Å². The van der Waals surface area contributed by atoms with Crippen LogP contribution in [0.2, 0.25) is 0 Å². The van der Waals surface area contributed by atoms with Gasteiger partial charge in [0.25, 0.3) is 0 Å². The molecule has 0 heterocycles. The fraction of sp³-hybridized carbons (Fsp3) is 0.467. The van der Waals surface area contributed by atoms with Gasteiger partial charge in [-0.15, -0.1) is 0 Å². The Balaban J connectivity index is 2.62. The molecular formula is C15H19I. The molecule has 0 N–H and O–H groups in total. The lowest BCUT2D eigenvalue weighted by atomic mass is 9.76. The predicted molar refractivity (Wildman–Crippen MR) is 79.2 cm³/mol. The Labute approximate surface area is 112 Å². The van der Waals surface area contributed by atoms with Gasteiger partial charge in [-0.25, -0.2) is 0 Å². The third-order valence-electron chi connectivity index (χ3n) is 3.79. The molecule has 0 bridgehead atoms. The van der Waals surface area contributed by atoms with Crippen molar-refractivity contribution in [1.82, 2.24) is 0 Å². The lowest BCUT2D eigenvalue weighted by molar-refractivity contribution is 0.599. The summed E-state index contributed by atoms with van der Waals surface area (Å²) in [6.45, 7) is 6.89. The lowest BCUT2D eigenvalue weighted by Gasteiger charge is -2.28. The number of rotatable bonds is 0. The SMILES string of the molecule is C/C=C1/CCC(I)c2ccccc2C1(C)C. The zero-order valence-corrected chi connectivity index (χ0v) is 12.4. The van der Waals surface area contributed by atoms with Crippen molar-refractivity contribution in [3.05, 3.63) is 47.0 Å².